The summed E-state index contributed by atoms with van der Waals surface area (Å²) < 4.78 is 6.41. The number of furan rings is 1. The Kier molecular flexibility index (Phi) is 6.25. The molecule has 0 N–H and O–H groups in total. The Labute approximate surface area is 284 Å². The molecule has 1 nitrogen and oxygen atoms in total. The van der Waals surface area contributed by atoms with Crippen LogP contribution in [0.2, 0.25) is 0 Å². The predicted octanol–water partition coefficient (Wildman–Crippen LogP) is 13.7. The van der Waals surface area contributed by atoms with Gasteiger partial charge in [0, 0.05) is 10.8 Å². The fraction of sp³-hybridized carbons (Fsp3) is 0. The van der Waals surface area contributed by atoms with Crippen LogP contribution in [0.1, 0.15) is 0 Å². The zero-order valence-corrected chi connectivity index (χ0v) is 26.7. The van der Waals surface area contributed by atoms with Gasteiger partial charge in [0.2, 0.25) is 0 Å². The standard InChI is InChI=1S/C48H30O/c1-2-10-31(11-3-1)33-20-23-34(24-21-33)38-15-8-17-42-44(38)30-45-39(36-25-22-32-12-4-5-13-35(32)28-36)16-9-18-43(45)48(42)37-26-27-41-40-14-6-7-19-46(40)49-47(41)29-37/h1-30H. The Morgan fingerprint density at radius 2 is 0.837 bits per heavy atom. The van der Waals surface area contributed by atoms with E-state index >= 15 is 0 Å². The maximum absolute atomic E-state index is 6.41. The zero-order chi connectivity index (χ0) is 32.3. The lowest BCUT2D eigenvalue weighted by Gasteiger charge is -2.18. The Morgan fingerprint density at radius 3 is 1.63 bits per heavy atom. The minimum absolute atomic E-state index is 0.905. The third kappa shape index (κ3) is 4.55. The van der Waals surface area contributed by atoms with Gasteiger partial charge in [0.05, 0.1) is 0 Å². The van der Waals surface area contributed by atoms with Crippen LogP contribution in [0.4, 0.5) is 0 Å². The van der Waals surface area contributed by atoms with Crippen LogP contribution in [0.5, 0.6) is 0 Å². The van der Waals surface area contributed by atoms with Crippen molar-refractivity contribution >= 4 is 54.3 Å². The molecule has 0 aliphatic rings. The van der Waals surface area contributed by atoms with Gasteiger partial charge < -0.3 is 4.42 Å². The molecule has 1 heterocycles. The molecular weight excluding hydrogens is 593 g/mol. The topological polar surface area (TPSA) is 13.1 Å². The lowest BCUT2D eigenvalue weighted by molar-refractivity contribution is 0.669. The normalized spacial score (nSPS) is 11.7. The summed E-state index contributed by atoms with van der Waals surface area (Å²) in [4.78, 5) is 0. The van der Waals surface area contributed by atoms with Gasteiger partial charge in [-0.2, -0.15) is 0 Å². The van der Waals surface area contributed by atoms with Gasteiger partial charge in [-0.05, 0) is 107 Å². The van der Waals surface area contributed by atoms with Crippen molar-refractivity contribution in [3.8, 4) is 44.5 Å². The highest BCUT2D eigenvalue weighted by Gasteiger charge is 2.18. The Morgan fingerprint density at radius 1 is 0.265 bits per heavy atom. The number of fused-ring (bicyclic) bond motifs is 6. The van der Waals surface area contributed by atoms with Crippen molar-refractivity contribution in [2.24, 2.45) is 0 Å². The van der Waals surface area contributed by atoms with E-state index in [-0.39, 0.29) is 0 Å². The minimum Gasteiger partial charge on any atom is -0.456 e. The quantitative estimate of drug-likeness (QED) is 0.178. The van der Waals surface area contributed by atoms with E-state index in [4.69, 9.17) is 4.42 Å². The summed E-state index contributed by atoms with van der Waals surface area (Å²) in [5, 5.41) is 9.69. The van der Waals surface area contributed by atoms with Gasteiger partial charge in [0.1, 0.15) is 11.2 Å². The fourth-order valence-corrected chi connectivity index (χ4v) is 7.69. The van der Waals surface area contributed by atoms with Gasteiger partial charge in [-0.3, -0.25) is 0 Å². The molecule has 0 aliphatic heterocycles. The second-order valence-electron chi connectivity index (χ2n) is 12.9. The predicted molar refractivity (Wildman–Crippen MR) is 208 cm³/mol. The van der Waals surface area contributed by atoms with Crippen molar-refractivity contribution < 1.29 is 4.42 Å². The van der Waals surface area contributed by atoms with Crippen LogP contribution in [0, 0.1) is 0 Å². The summed E-state index contributed by atoms with van der Waals surface area (Å²) >= 11 is 0. The largest absolute Gasteiger partial charge is 0.456 e. The molecule has 0 saturated heterocycles. The molecule has 228 valence electrons. The number of rotatable bonds is 4. The Balaban J connectivity index is 1.25. The van der Waals surface area contributed by atoms with Crippen molar-refractivity contribution in [3.63, 3.8) is 0 Å². The fourth-order valence-electron chi connectivity index (χ4n) is 7.69. The van der Waals surface area contributed by atoms with Crippen LogP contribution in [0.3, 0.4) is 0 Å². The summed E-state index contributed by atoms with van der Waals surface area (Å²) in [6, 6.07) is 65.9. The van der Waals surface area contributed by atoms with Crippen LogP contribution >= 0.6 is 0 Å². The Bertz CT molecular complexity index is 2860. The van der Waals surface area contributed by atoms with Crippen LogP contribution in [0.25, 0.3) is 98.8 Å². The van der Waals surface area contributed by atoms with E-state index in [1.807, 2.05) is 12.1 Å². The molecule has 0 spiro atoms. The molecule has 9 aromatic carbocycles. The molecule has 0 atom stereocenters. The van der Waals surface area contributed by atoms with Gasteiger partial charge in [-0.25, -0.2) is 0 Å². The molecule has 10 rings (SSSR count). The number of hydrogen-bond donors (Lipinski definition) is 0. The number of benzene rings is 9. The Hall–Kier alpha value is -6.44. The lowest BCUT2D eigenvalue weighted by atomic mass is 9.86. The van der Waals surface area contributed by atoms with Crippen LogP contribution in [0.15, 0.2) is 186 Å². The van der Waals surface area contributed by atoms with Gasteiger partial charge in [0.25, 0.3) is 0 Å². The second kappa shape index (κ2) is 11.1. The van der Waals surface area contributed by atoms with E-state index in [0.29, 0.717) is 0 Å². The highest BCUT2D eigenvalue weighted by Crippen LogP contribution is 2.44. The third-order valence-electron chi connectivity index (χ3n) is 10.1. The lowest BCUT2D eigenvalue weighted by Crippen LogP contribution is -1.91. The highest BCUT2D eigenvalue weighted by atomic mass is 16.3. The average molecular weight is 623 g/mol. The summed E-state index contributed by atoms with van der Waals surface area (Å²) in [5.74, 6) is 0. The molecule has 0 unspecified atom stereocenters. The third-order valence-corrected chi connectivity index (χ3v) is 10.1. The van der Waals surface area contributed by atoms with Crippen LogP contribution in [-0.4, -0.2) is 0 Å². The molecular formula is C48H30O. The van der Waals surface area contributed by atoms with E-state index in [2.05, 4.69) is 170 Å². The molecule has 10 aromatic rings. The van der Waals surface area contributed by atoms with Crippen molar-refractivity contribution in [2.75, 3.05) is 0 Å². The maximum atomic E-state index is 6.41. The highest BCUT2D eigenvalue weighted by molar-refractivity contribution is 6.20. The molecule has 1 aromatic heterocycles. The smallest absolute Gasteiger partial charge is 0.136 e. The number of para-hydroxylation sites is 1. The summed E-state index contributed by atoms with van der Waals surface area (Å²) in [5.41, 5.74) is 11.5. The first-order chi connectivity index (χ1) is 24.3. The molecule has 0 bridgehead atoms. The van der Waals surface area contributed by atoms with Crippen molar-refractivity contribution in [2.45, 2.75) is 0 Å². The van der Waals surface area contributed by atoms with E-state index in [1.165, 1.54) is 71.3 Å². The summed E-state index contributed by atoms with van der Waals surface area (Å²) in [7, 11) is 0. The monoisotopic (exact) mass is 622 g/mol. The van der Waals surface area contributed by atoms with Crippen LogP contribution in [-0.2, 0) is 0 Å². The zero-order valence-electron chi connectivity index (χ0n) is 26.7. The molecule has 0 saturated carbocycles. The molecule has 0 radical (unpaired) electrons. The second-order valence-corrected chi connectivity index (χ2v) is 12.9. The first-order valence-electron chi connectivity index (χ1n) is 16.8. The minimum atomic E-state index is 0.905. The van der Waals surface area contributed by atoms with E-state index in [0.717, 1.165) is 27.5 Å². The average Bonchev–Trinajstić information content (AvgIpc) is 3.55. The maximum Gasteiger partial charge on any atom is 0.136 e. The number of hydrogen-bond acceptors (Lipinski definition) is 1. The van der Waals surface area contributed by atoms with Gasteiger partial charge in [0.15, 0.2) is 0 Å². The van der Waals surface area contributed by atoms with Crippen molar-refractivity contribution in [3.05, 3.63) is 182 Å². The first kappa shape index (κ1) is 27.7. The van der Waals surface area contributed by atoms with Crippen LogP contribution < -0.4 is 0 Å². The SMILES string of the molecule is c1ccc(-c2ccc(-c3cccc4c(-c5ccc6c(c5)oc5ccccc56)c5cccc(-c6ccc7ccccc7c6)c5cc34)cc2)cc1. The van der Waals surface area contributed by atoms with Crippen molar-refractivity contribution in [1.82, 2.24) is 0 Å². The summed E-state index contributed by atoms with van der Waals surface area (Å²) in [6.45, 7) is 0. The van der Waals surface area contributed by atoms with Crippen molar-refractivity contribution in [1.29, 1.82) is 0 Å². The molecule has 0 aliphatic carbocycles. The molecule has 1 heteroatoms. The van der Waals surface area contributed by atoms with E-state index in [9.17, 15) is 0 Å². The van der Waals surface area contributed by atoms with Gasteiger partial charge in [-0.15, -0.1) is 0 Å². The van der Waals surface area contributed by atoms with E-state index in [1.54, 1.807) is 0 Å². The molecule has 0 amide bonds. The van der Waals surface area contributed by atoms with Gasteiger partial charge in [-0.1, -0.05) is 152 Å². The van der Waals surface area contributed by atoms with E-state index < -0.39 is 0 Å². The molecule has 0 fully saturated rings. The van der Waals surface area contributed by atoms with Gasteiger partial charge >= 0.3 is 0 Å². The summed E-state index contributed by atoms with van der Waals surface area (Å²) in [6.07, 6.45) is 0. The molecule has 49 heavy (non-hydrogen) atoms. The first-order valence-corrected chi connectivity index (χ1v) is 16.8.